The number of rotatable bonds is 9. The first kappa shape index (κ1) is 13.5. The number of unbranched alkanes of at least 4 members (excludes halogenated alkanes) is 5. The van der Waals surface area contributed by atoms with E-state index in [0.29, 0.717) is 6.04 Å². The molecular weight excluding hydrogens is 198 g/mol. The summed E-state index contributed by atoms with van der Waals surface area (Å²) >= 11 is 0. The van der Waals surface area contributed by atoms with Crippen molar-refractivity contribution in [2.24, 2.45) is 5.92 Å². The van der Waals surface area contributed by atoms with Crippen LogP contribution in [-0.4, -0.2) is 11.9 Å². The maximum atomic E-state index is 10.7. The summed E-state index contributed by atoms with van der Waals surface area (Å²) in [7, 11) is 0. The van der Waals surface area contributed by atoms with Gasteiger partial charge in [0.2, 0.25) is 5.91 Å². The van der Waals surface area contributed by atoms with E-state index in [2.05, 4.69) is 19.2 Å². The normalized spacial score (nSPS) is 21.4. The molecule has 1 aliphatic rings. The first-order valence-electron chi connectivity index (χ1n) is 7.01. The molecule has 2 unspecified atom stereocenters. The second-order valence-corrected chi connectivity index (χ2v) is 5.37. The van der Waals surface area contributed by atoms with E-state index in [0.717, 1.165) is 12.3 Å². The van der Waals surface area contributed by atoms with E-state index >= 15 is 0 Å². The Kier molecular flexibility index (Phi) is 6.51. The number of nitrogens with one attached hydrogen (secondary N) is 1. The third-order valence-corrected chi connectivity index (χ3v) is 3.53. The highest BCUT2D eigenvalue weighted by Crippen LogP contribution is 2.20. The number of β-lactam (4-membered cyclic amide) rings is 1. The number of carbonyl (C=O) groups is 1. The lowest BCUT2D eigenvalue weighted by Gasteiger charge is -2.29. The maximum absolute atomic E-state index is 10.7. The van der Waals surface area contributed by atoms with E-state index in [-0.39, 0.29) is 5.91 Å². The van der Waals surface area contributed by atoms with Gasteiger partial charge in [-0.15, -0.1) is 0 Å². The van der Waals surface area contributed by atoms with Crippen LogP contribution in [0.3, 0.4) is 0 Å². The zero-order valence-corrected chi connectivity index (χ0v) is 10.9. The molecule has 2 atom stereocenters. The molecule has 0 aromatic rings. The highest BCUT2D eigenvalue weighted by atomic mass is 16.2. The van der Waals surface area contributed by atoms with Crippen LogP contribution in [0, 0.1) is 5.92 Å². The predicted octanol–water partition coefficient (Wildman–Crippen LogP) is 3.65. The van der Waals surface area contributed by atoms with E-state index in [1.54, 1.807) is 0 Å². The second kappa shape index (κ2) is 7.70. The van der Waals surface area contributed by atoms with Crippen LogP contribution in [0.2, 0.25) is 0 Å². The maximum Gasteiger partial charge on any atom is 0.222 e. The van der Waals surface area contributed by atoms with Crippen molar-refractivity contribution in [2.75, 3.05) is 0 Å². The summed E-state index contributed by atoms with van der Waals surface area (Å²) in [4.78, 5) is 10.7. The largest absolute Gasteiger partial charge is 0.353 e. The Hall–Kier alpha value is -0.530. The molecule has 1 rings (SSSR count). The number of amides is 1. The minimum Gasteiger partial charge on any atom is -0.353 e. The van der Waals surface area contributed by atoms with E-state index in [1.165, 1.54) is 51.4 Å². The van der Waals surface area contributed by atoms with Crippen molar-refractivity contribution >= 4 is 5.91 Å². The third-order valence-electron chi connectivity index (χ3n) is 3.53. The lowest BCUT2D eigenvalue weighted by molar-refractivity contribution is -0.128. The van der Waals surface area contributed by atoms with E-state index in [4.69, 9.17) is 0 Å². The van der Waals surface area contributed by atoms with Crippen LogP contribution < -0.4 is 5.32 Å². The zero-order chi connectivity index (χ0) is 11.8. The van der Waals surface area contributed by atoms with Gasteiger partial charge in [-0.2, -0.15) is 0 Å². The van der Waals surface area contributed by atoms with Crippen molar-refractivity contribution < 1.29 is 4.79 Å². The average Bonchev–Trinajstić information content (AvgIpc) is 2.21. The average molecular weight is 225 g/mol. The fraction of sp³-hybridized carbons (Fsp3) is 0.929. The minimum absolute atomic E-state index is 0.233. The highest BCUT2D eigenvalue weighted by molar-refractivity contribution is 5.82. The van der Waals surface area contributed by atoms with Gasteiger partial charge < -0.3 is 5.32 Å². The Morgan fingerprint density at radius 2 is 1.88 bits per heavy atom. The summed E-state index contributed by atoms with van der Waals surface area (Å²) in [6.07, 6.45) is 11.6. The molecule has 0 aromatic carbocycles. The molecule has 0 spiro atoms. The molecule has 0 aromatic heterocycles. The molecule has 0 bridgehead atoms. The molecule has 1 fully saturated rings. The summed E-state index contributed by atoms with van der Waals surface area (Å²) in [6, 6.07) is 0.489. The molecule has 0 saturated carbocycles. The summed E-state index contributed by atoms with van der Waals surface area (Å²) in [5.74, 6) is 1.01. The van der Waals surface area contributed by atoms with Crippen LogP contribution in [0.15, 0.2) is 0 Å². The molecule has 1 heterocycles. The van der Waals surface area contributed by atoms with Crippen molar-refractivity contribution in [1.29, 1.82) is 0 Å². The van der Waals surface area contributed by atoms with Crippen molar-refractivity contribution in [3.05, 3.63) is 0 Å². The molecule has 1 aliphatic heterocycles. The molecule has 1 N–H and O–H groups in total. The van der Waals surface area contributed by atoms with Crippen molar-refractivity contribution in [2.45, 2.75) is 77.7 Å². The van der Waals surface area contributed by atoms with Gasteiger partial charge in [-0.3, -0.25) is 4.79 Å². The van der Waals surface area contributed by atoms with Crippen LogP contribution in [0.25, 0.3) is 0 Å². The van der Waals surface area contributed by atoms with E-state index in [1.807, 2.05) is 0 Å². The van der Waals surface area contributed by atoms with Gasteiger partial charge in [-0.05, 0) is 12.3 Å². The molecule has 2 nitrogen and oxygen atoms in total. The Morgan fingerprint density at radius 3 is 2.50 bits per heavy atom. The molecule has 1 saturated heterocycles. The molecular formula is C14H27NO. The molecule has 1 amide bonds. The standard InChI is InChI=1S/C14H27NO/c1-3-4-5-6-7-8-9-12(2)10-13-11-14(16)15-13/h12-13H,3-11H2,1-2H3,(H,15,16). The van der Waals surface area contributed by atoms with Gasteiger partial charge in [-0.1, -0.05) is 58.8 Å². The zero-order valence-electron chi connectivity index (χ0n) is 10.9. The quantitative estimate of drug-likeness (QED) is 0.471. The first-order valence-corrected chi connectivity index (χ1v) is 7.01. The molecule has 0 radical (unpaired) electrons. The van der Waals surface area contributed by atoms with Crippen molar-refractivity contribution in [1.82, 2.24) is 5.32 Å². The summed E-state index contributed by atoms with van der Waals surface area (Å²) in [6.45, 7) is 4.57. The smallest absolute Gasteiger partial charge is 0.222 e. The SMILES string of the molecule is CCCCCCCCC(C)CC1CC(=O)N1. The van der Waals surface area contributed by atoms with Crippen LogP contribution in [0.4, 0.5) is 0 Å². The van der Waals surface area contributed by atoms with Crippen LogP contribution in [0.5, 0.6) is 0 Å². The van der Waals surface area contributed by atoms with Gasteiger partial charge >= 0.3 is 0 Å². The van der Waals surface area contributed by atoms with Gasteiger partial charge in [0, 0.05) is 12.5 Å². The van der Waals surface area contributed by atoms with Crippen LogP contribution >= 0.6 is 0 Å². The molecule has 2 heteroatoms. The fourth-order valence-corrected chi connectivity index (χ4v) is 2.45. The molecule has 0 aliphatic carbocycles. The first-order chi connectivity index (χ1) is 7.72. The monoisotopic (exact) mass is 225 g/mol. The summed E-state index contributed by atoms with van der Waals surface area (Å²) in [5.41, 5.74) is 0. The van der Waals surface area contributed by atoms with Crippen molar-refractivity contribution in [3.8, 4) is 0 Å². The summed E-state index contributed by atoms with van der Waals surface area (Å²) < 4.78 is 0. The third kappa shape index (κ3) is 5.53. The number of hydrogen-bond donors (Lipinski definition) is 1. The van der Waals surface area contributed by atoms with Gasteiger partial charge in [0.25, 0.3) is 0 Å². The Morgan fingerprint density at radius 1 is 1.25 bits per heavy atom. The fourth-order valence-electron chi connectivity index (χ4n) is 2.45. The van der Waals surface area contributed by atoms with E-state index in [9.17, 15) is 4.79 Å². The number of hydrogen-bond acceptors (Lipinski definition) is 1. The van der Waals surface area contributed by atoms with Crippen LogP contribution in [-0.2, 0) is 4.79 Å². The predicted molar refractivity (Wildman–Crippen MR) is 68.3 cm³/mol. The van der Waals surface area contributed by atoms with E-state index < -0.39 is 0 Å². The minimum atomic E-state index is 0.233. The van der Waals surface area contributed by atoms with Gasteiger partial charge in [-0.25, -0.2) is 0 Å². The van der Waals surface area contributed by atoms with Gasteiger partial charge in [0.05, 0.1) is 0 Å². The van der Waals surface area contributed by atoms with Crippen molar-refractivity contribution in [3.63, 3.8) is 0 Å². The Bertz CT molecular complexity index is 195. The van der Waals surface area contributed by atoms with Gasteiger partial charge in [0.15, 0.2) is 0 Å². The van der Waals surface area contributed by atoms with Gasteiger partial charge in [0.1, 0.15) is 0 Å². The topological polar surface area (TPSA) is 29.1 Å². The Balaban J connectivity index is 1.86. The highest BCUT2D eigenvalue weighted by Gasteiger charge is 2.26. The summed E-state index contributed by atoms with van der Waals surface area (Å²) in [5, 5.41) is 2.95. The number of carbonyl (C=O) groups excluding carboxylic acids is 1. The second-order valence-electron chi connectivity index (χ2n) is 5.37. The molecule has 94 valence electrons. The Labute approximate surface area is 100 Å². The lowest BCUT2D eigenvalue weighted by Crippen LogP contribution is -2.49. The molecule has 16 heavy (non-hydrogen) atoms. The lowest BCUT2D eigenvalue weighted by atomic mass is 9.91. The van der Waals surface area contributed by atoms with Crippen LogP contribution in [0.1, 0.15) is 71.6 Å².